The minimum absolute atomic E-state index is 0.196. The summed E-state index contributed by atoms with van der Waals surface area (Å²) in [5.74, 6) is 1.28. The van der Waals surface area contributed by atoms with Gasteiger partial charge in [-0.05, 0) is 32.4 Å². The number of benzene rings is 1. The first-order valence-corrected chi connectivity index (χ1v) is 6.06. The maximum absolute atomic E-state index is 5.78. The second kappa shape index (κ2) is 5.08. The molecule has 0 bridgehead atoms. The highest BCUT2D eigenvalue weighted by Gasteiger charge is 2.08. The summed E-state index contributed by atoms with van der Waals surface area (Å²) in [6, 6.07) is 7.76. The van der Waals surface area contributed by atoms with Crippen LogP contribution in [0, 0.1) is 6.92 Å². The molecule has 96 valence electrons. The number of anilines is 1. The van der Waals surface area contributed by atoms with Crippen LogP contribution in [-0.2, 0) is 0 Å². The van der Waals surface area contributed by atoms with Crippen molar-refractivity contribution < 1.29 is 4.74 Å². The van der Waals surface area contributed by atoms with Crippen molar-refractivity contribution in [3.05, 3.63) is 30.0 Å². The first-order valence-electron chi connectivity index (χ1n) is 6.06. The van der Waals surface area contributed by atoms with Crippen LogP contribution in [0.1, 0.15) is 26.0 Å². The zero-order valence-corrected chi connectivity index (χ0v) is 10.9. The van der Waals surface area contributed by atoms with Gasteiger partial charge in [0.15, 0.2) is 5.82 Å². The summed E-state index contributed by atoms with van der Waals surface area (Å²) in [6.07, 6.45) is 1.17. The van der Waals surface area contributed by atoms with Gasteiger partial charge in [0.2, 0.25) is 0 Å². The third-order valence-electron chi connectivity index (χ3n) is 2.90. The molecule has 2 aromatic rings. The first-order chi connectivity index (χ1) is 8.61. The zero-order valence-electron chi connectivity index (χ0n) is 10.9. The summed E-state index contributed by atoms with van der Waals surface area (Å²) in [4.78, 5) is 0. The molecule has 0 aliphatic heterocycles. The Morgan fingerprint density at radius 1 is 1.44 bits per heavy atom. The SMILES string of the molecule is CCC(C)Oc1cccc(-n2nnc(N)c2C)c1. The van der Waals surface area contributed by atoms with Crippen LogP contribution in [-0.4, -0.2) is 21.1 Å². The van der Waals surface area contributed by atoms with Crippen LogP contribution in [0.2, 0.25) is 0 Å². The van der Waals surface area contributed by atoms with Crippen molar-refractivity contribution in [2.75, 3.05) is 5.73 Å². The fourth-order valence-corrected chi connectivity index (χ4v) is 1.59. The number of nitrogens with zero attached hydrogens (tertiary/aromatic N) is 3. The summed E-state index contributed by atoms with van der Waals surface area (Å²) in [6.45, 7) is 6.03. The maximum Gasteiger partial charge on any atom is 0.169 e. The first kappa shape index (κ1) is 12.4. The van der Waals surface area contributed by atoms with Gasteiger partial charge < -0.3 is 10.5 Å². The van der Waals surface area contributed by atoms with Crippen molar-refractivity contribution in [3.8, 4) is 11.4 Å². The highest BCUT2D eigenvalue weighted by atomic mass is 16.5. The molecular weight excluding hydrogens is 228 g/mol. The van der Waals surface area contributed by atoms with E-state index < -0.39 is 0 Å². The van der Waals surface area contributed by atoms with E-state index >= 15 is 0 Å². The van der Waals surface area contributed by atoms with Crippen LogP contribution in [0.15, 0.2) is 24.3 Å². The van der Waals surface area contributed by atoms with Gasteiger partial charge in [-0.1, -0.05) is 18.2 Å². The van der Waals surface area contributed by atoms with Crippen LogP contribution >= 0.6 is 0 Å². The summed E-state index contributed by atoms with van der Waals surface area (Å²) >= 11 is 0. The second-order valence-electron chi connectivity index (χ2n) is 4.31. The smallest absolute Gasteiger partial charge is 0.169 e. The van der Waals surface area contributed by atoms with Gasteiger partial charge in [0.1, 0.15) is 5.75 Å². The van der Waals surface area contributed by atoms with Crippen LogP contribution < -0.4 is 10.5 Å². The molecule has 0 fully saturated rings. The Morgan fingerprint density at radius 3 is 2.83 bits per heavy atom. The van der Waals surface area contributed by atoms with Gasteiger partial charge in [-0.3, -0.25) is 0 Å². The van der Waals surface area contributed by atoms with Gasteiger partial charge in [0, 0.05) is 6.07 Å². The number of hydrogen-bond donors (Lipinski definition) is 1. The molecule has 0 amide bonds. The number of ether oxygens (including phenoxy) is 1. The molecule has 5 nitrogen and oxygen atoms in total. The van der Waals surface area contributed by atoms with Crippen LogP contribution in [0.4, 0.5) is 5.82 Å². The number of nitrogen functional groups attached to an aromatic ring is 1. The molecule has 1 aromatic carbocycles. The van der Waals surface area contributed by atoms with E-state index in [4.69, 9.17) is 10.5 Å². The van der Waals surface area contributed by atoms with Crippen LogP contribution in [0.5, 0.6) is 5.75 Å². The zero-order chi connectivity index (χ0) is 13.1. The highest BCUT2D eigenvalue weighted by molar-refractivity contribution is 5.43. The summed E-state index contributed by atoms with van der Waals surface area (Å²) < 4.78 is 7.49. The third kappa shape index (κ3) is 2.45. The normalized spacial score (nSPS) is 12.4. The number of nitrogens with two attached hydrogens (primary N) is 1. The van der Waals surface area contributed by atoms with Crippen molar-refractivity contribution in [3.63, 3.8) is 0 Å². The van der Waals surface area contributed by atoms with Gasteiger partial charge in [0.25, 0.3) is 0 Å². The Hall–Kier alpha value is -2.04. The second-order valence-corrected chi connectivity index (χ2v) is 4.31. The molecule has 1 aromatic heterocycles. The van der Waals surface area contributed by atoms with E-state index in [-0.39, 0.29) is 6.10 Å². The Balaban J connectivity index is 2.30. The lowest BCUT2D eigenvalue weighted by molar-refractivity contribution is 0.217. The molecule has 1 heterocycles. The lowest BCUT2D eigenvalue weighted by Gasteiger charge is -2.13. The predicted octanol–water partition coefficient (Wildman–Crippen LogP) is 2.34. The number of hydrogen-bond acceptors (Lipinski definition) is 4. The Labute approximate surface area is 107 Å². The predicted molar refractivity (Wildman–Crippen MR) is 70.9 cm³/mol. The molecule has 0 saturated carbocycles. The quantitative estimate of drug-likeness (QED) is 0.899. The Bertz CT molecular complexity index is 536. The van der Waals surface area contributed by atoms with E-state index in [1.807, 2.05) is 38.1 Å². The van der Waals surface area contributed by atoms with Crippen LogP contribution in [0.25, 0.3) is 5.69 Å². The lowest BCUT2D eigenvalue weighted by atomic mass is 10.2. The Morgan fingerprint density at radius 2 is 2.22 bits per heavy atom. The molecule has 0 radical (unpaired) electrons. The molecule has 5 heteroatoms. The topological polar surface area (TPSA) is 66.0 Å². The minimum Gasteiger partial charge on any atom is -0.491 e. The molecule has 0 spiro atoms. The molecular formula is C13H18N4O. The summed E-state index contributed by atoms with van der Waals surface area (Å²) in [5, 5.41) is 7.86. The van der Waals surface area contributed by atoms with Gasteiger partial charge in [-0.15, -0.1) is 5.10 Å². The molecule has 0 saturated heterocycles. The molecule has 1 atom stereocenters. The largest absolute Gasteiger partial charge is 0.491 e. The summed E-state index contributed by atoms with van der Waals surface area (Å²) in [7, 11) is 0. The average Bonchev–Trinajstić information content (AvgIpc) is 2.70. The van der Waals surface area contributed by atoms with Gasteiger partial charge in [-0.25, -0.2) is 4.68 Å². The molecule has 0 aliphatic rings. The van der Waals surface area contributed by atoms with Gasteiger partial charge in [0.05, 0.1) is 17.5 Å². The molecule has 1 unspecified atom stereocenters. The number of rotatable bonds is 4. The molecule has 0 aliphatic carbocycles. The fourth-order valence-electron chi connectivity index (χ4n) is 1.59. The van der Waals surface area contributed by atoms with Gasteiger partial charge in [-0.2, -0.15) is 0 Å². The fraction of sp³-hybridized carbons (Fsp3) is 0.385. The van der Waals surface area contributed by atoms with E-state index in [1.54, 1.807) is 4.68 Å². The van der Waals surface area contributed by atoms with Gasteiger partial charge >= 0.3 is 0 Å². The van der Waals surface area contributed by atoms with E-state index in [0.717, 1.165) is 23.6 Å². The standard InChI is InChI=1S/C13H18N4O/c1-4-9(2)18-12-7-5-6-11(8-12)17-10(3)13(14)15-16-17/h5-9H,4,14H2,1-3H3. The highest BCUT2D eigenvalue weighted by Crippen LogP contribution is 2.20. The van der Waals surface area contributed by atoms with E-state index in [2.05, 4.69) is 17.2 Å². The van der Waals surface area contributed by atoms with Crippen molar-refractivity contribution in [2.24, 2.45) is 0 Å². The lowest BCUT2D eigenvalue weighted by Crippen LogP contribution is -2.10. The van der Waals surface area contributed by atoms with Crippen molar-refractivity contribution in [1.82, 2.24) is 15.0 Å². The number of aromatic nitrogens is 3. The van der Waals surface area contributed by atoms with E-state index in [1.165, 1.54) is 0 Å². The summed E-state index contributed by atoms with van der Waals surface area (Å²) in [5.41, 5.74) is 7.42. The van der Waals surface area contributed by atoms with Crippen LogP contribution in [0.3, 0.4) is 0 Å². The maximum atomic E-state index is 5.78. The van der Waals surface area contributed by atoms with E-state index in [9.17, 15) is 0 Å². The minimum atomic E-state index is 0.196. The Kier molecular flexibility index (Phi) is 3.50. The third-order valence-corrected chi connectivity index (χ3v) is 2.90. The van der Waals surface area contributed by atoms with Crippen molar-refractivity contribution in [2.45, 2.75) is 33.3 Å². The monoisotopic (exact) mass is 246 g/mol. The van der Waals surface area contributed by atoms with Crippen molar-refractivity contribution in [1.29, 1.82) is 0 Å². The molecule has 18 heavy (non-hydrogen) atoms. The average molecular weight is 246 g/mol. The van der Waals surface area contributed by atoms with E-state index in [0.29, 0.717) is 5.82 Å². The molecule has 2 rings (SSSR count). The van der Waals surface area contributed by atoms with Crippen molar-refractivity contribution >= 4 is 5.82 Å². The molecule has 2 N–H and O–H groups in total.